The summed E-state index contributed by atoms with van der Waals surface area (Å²) < 4.78 is 18.2. The Morgan fingerprint density at radius 1 is 0.927 bits per heavy atom. The molecule has 0 spiro atoms. The van der Waals surface area contributed by atoms with Crippen molar-refractivity contribution in [1.29, 1.82) is 0 Å². The van der Waals surface area contributed by atoms with Crippen LogP contribution in [0, 0.1) is 6.92 Å². The molecule has 3 aromatic carbocycles. The first kappa shape index (κ1) is 28.2. The number of aliphatic hydroxyl groups excluding tert-OH is 1. The molecule has 1 amide bonds. The summed E-state index contributed by atoms with van der Waals surface area (Å²) in [6, 6.07) is 17.0. The second kappa shape index (κ2) is 12.0. The number of aromatic nitrogens is 1. The molecule has 1 aliphatic heterocycles. The van der Waals surface area contributed by atoms with Crippen LogP contribution < -0.4 is 19.1 Å². The van der Waals surface area contributed by atoms with Crippen molar-refractivity contribution in [3.8, 4) is 17.2 Å². The van der Waals surface area contributed by atoms with Gasteiger partial charge in [0, 0.05) is 5.56 Å². The van der Waals surface area contributed by atoms with Crippen LogP contribution in [0.2, 0.25) is 0 Å². The Morgan fingerprint density at radius 2 is 1.68 bits per heavy atom. The third-order valence-corrected chi connectivity index (χ3v) is 7.70. The van der Waals surface area contributed by atoms with Gasteiger partial charge in [0.05, 0.1) is 41.7 Å². The van der Waals surface area contributed by atoms with Gasteiger partial charge in [-0.15, -0.1) is 0 Å². The fourth-order valence-electron chi connectivity index (χ4n) is 4.76. The average Bonchev–Trinajstić information content (AvgIpc) is 3.50. The maximum atomic E-state index is 13.7. The molecule has 0 bridgehead atoms. The lowest BCUT2D eigenvalue weighted by atomic mass is 9.95. The molecule has 1 N–H and O–H groups in total. The van der Waals surface area contributed by atoms with Crippen LogP contribution in [0.3, 0.4) is 0 Å². The molecule has 0 aliphatic carbocycles. The lowest BCUT2D eigenvalue weighted by Gasteiger charge is -2.24. The van der Waals surface area contributed by atoms with Crippen molar-refractivity contribution in [3.05, 3.63) is 82.9 Å². The second-order valence-electron chi connectivity index (χ2n) is 9.58. The Kier molecular flexibility index (Phi) is 8.26. The summed E-state index contributed by atoms with van der Waals surface area (Å²) in [6.45, 7) is 9.16. The van der Waals surface area contributed by atoms with E-state index in [9.17, 15) is 14.7 Å². The summed E-state index contributed by atoms with van der Waals surface area (Å²) in [5, 5.41) is 11.8. The molecule has 41 heavy (non-hydrogen) atoms. The summed E-state index contributed by atoms with van der Waals surface area (Å²) in [5.74, 6) is -0.0536. The Morgan fingerprint density at radius 3 is 2.39 bits per heavy atom. The molecule has 0 saturated carbocycles. The summed E-state index contributed by atoms with van der Waals surface area (Å²) >= 11 is 1.28. The van der Waals surface area contributed by atoms with Crippen LogP contribution in [-0.2, 0) is 9.59 Å². The van der Waals surface area contributed by atoms with Gasteiger partial charge in [-0.25, -0.2) is 4.98 Å². The van der Waals surface area contributed by atoms with Gasteiger partial charge in [-0.05, 0) is 63.1 Å². The zero-order chi connectivity index (χ0) is 29.1. The highest BCUT2D eigenvalue weighted by Crippen LogP contribution is 2.46. The van der Waals surface area contributed by atoms with E-state index in [0.717, 1.165) is 16.7 Å². The number of ketones is 1. The van der Waals surface area contributed by atoms with E-state index in [0.29, 0.717) is 58.8 Å². The fraction of sp³-hybridized carbons (Fsp3) is 0.281. The van der Waals surface area contributed by atoms with Crippen molar-refractivity contribution in [2.45, 2.75) is 40.2 Å². The molecule has 0 radical (unpaired) electrons. The van der Waals surface area contributed by atoms with Crippen LogP contribution in [0.25, 0.3) is 16.0 Å². The molecule has 2 heterocycles. The highest BCUT2D eigenvalue weighted by molar-refractivity contribution is 7.22. The average molecular weight is 573 g/mol. The van der Waals surface area contributed by atoms with Crippen LogP contribution in [0.1, 0.15) is 49.9 Å². The minimum Gasteiger partial charge on any atom is -0.507 e. The van der Waals surface area contributed by atoms with Gasteiger partial charge in [0.2, 0.25) is 0 Å². The molecular weight excluding hydrogens is 540 g/mol. The van der Waals surface area contributed by atoms with Gasteiger partial charge < -0.3 is 19.3 Å². The first-order chi connectivity index (χ1) is 19.9. The number of Topliss-reactive ketones (excluding diaryl/α,β-unsaturated/α-hetero) is 1. The molecular formula is C32H32N2O6S. The first-order valence-corrected chi connectivity index (χ1v) is 14.5. The van der Waals surface area contributed by atoms with Crippen molar-refractivity contribution in [3.63, 3.8) is 0 Å². The number of carbonyl (C=O) groups excluding carboxylic acids is 2. The molecule has 1 saturated heterocycles. The van der Waals surface area contributed by atoms with Crippen LogP contribution in [-0.4, -0.2) is 41.6 Å². The van der Waals surface area contributed by atoms with E-state index in [-0.39, 0.29) is 11.3 Å². The molecule has 1 fully saturated rings. The standard InChI is InChI=1S/C32H32N2O6S/c1-5-16-40-24-15-12-21(17-25(24)39-7-3)28-27(29(35)20-10-8-19(4)9-11-20)30(36)31(37)34(28)32-33-23-14-13-22(38-6-2)18-26(23)41-32/h8-15,17-18,28,35H,5-7,16H2,1-4H3. The molecule has 9 heteroatoms. The number of hydrogen-bond donors (Lipinski definition) is 1. The van der Waals surface area contributed by atoms with Gasteiger partial charge in [0.25, 0.3) is 5.78 Å². The number of amides is 1. The Balaban J connectivity index is 1.69. The van der Waals surface area contributed by atoms with Crippen molar-refractivity contribution < 1.29 is 28.9 Å². The number of ether oxygens (including phenoxy) is 3. The number of benzene rings is 3. The summed E-state index contributed by atoms with van der Waals surface area (Å²) in [4.78, 5) is 33.4. The normalized spacial score (nSPS) is 16.4. The lowest BCUT2D eigenvalue weighted by Crippen LogP contribution is -2.29. The number of carbonyl (C=O) groups is 2. The Hall–Kier alpha value is -4.37. The highest BCUT2D eigenvalue weighted by atomic mass is 32.1. The van der Waals surface area contributed by atoms with Crippen molar-refractivity contribution >= 4 is 44.1 Å². The molecule has 1 unspecified atom stereocenters. The van der Waals surface area contributed by atoms with E-state index in [1.54, 1.807) is 30.3 Å². The fourth-order valence-corrected chi connectivity index (χ4v) is 5.78. The van der Waals surface area contributed by atoms with Crippen molar-refractivity contribution in [2.24, 2.45) is 0 Å². The number of rotatable bonds is 10. The van der Waals surface area contributed by atoms with Gasteiger partial charge in [-0.3, -0.25) is 14.5 Å². The predicted molar refractivity (Wildman–Crippen MR) is 160 cm³/mol. The summed E-state index contributed by atoms with van der Waals surface area (Å²) in [7, 11) is 0. The molecule has 1 atom stereocenters. The zero-order valence-electron chi connectivity index (χ0n) is 23.5. The van der Waals surface area contributed by atoms with E-state index in [2.05, 4.69) is 0 Å². The van der Waals surface area contributed by atoms with Crippen LogP contribution >= 0.6 is 11.3 Å². The van der Waals surface area contributed by atoms with Gasteiger partial charge in [0.1, 0.15) is 11.5 Å². The van der Waals surface area contributed by atoms with Crippen molar-refractivity contribution in [2.75, 3.05) is 24.7 Å². The number of aliphatic hydroxyl groups is 1. The summed E-state index contributed by atoms with van der Waals surface area (Å²) in [6.07, 6.45) is 0.826. The molecule has 1 aromatic heterocycles. The van der Waals surface area contributed by atoms with Gasteiger partial charge in [-0.2, -0.15) is 0 Å². The third-order valence-electron chi connectivity index (χ3n) is 6.68. The van der Waals surface area contributed by atoms with Gasteiger partial charge >= 0.3 is 5.91 Å². The predicted octanol–water partition coefficient (Wildman–Crippen LogP) is 6.82. The highest BCUT2D eigenvalue weighted by Gasteiger charge is 2.48. The zero-order valence-corrected chi connectivity index (χ0v) is 24.3. The van der Waals surface area contributed by atoms with E-state index in [1.807, 2.05) is 58.0 Å². The number of anilines is 1. The minimum absolute atomic E-state index is 0.0159. The third kappa shape index (κ3) is 5.50. The Labute approximate surface area is 242 Å². The van der Waals surface area contributed by atoms with Crippen LogP contribution in [0.5, 0.6) is 17.2 Å². The maximum Gasteiger partial charge on any atom is 0.301 e. The summed E-state index contributed by atoms with van der Waals surface area (Å²) in [5.41, 5.74) is 2.68. The molecule has 212 valence electrons. The lowest BCUT2D eigenvalue weighted by molar-refractivity contribution is -0.132. The molecule has 5 rings (SSSR count). The molecule has 8 nitrogen and oxygen atoms in total. The van der Waals surface area contributed by atoms with E-state index in [4.69, 9.17) is 19.2 Å². The smallest absolute Gasteiger partial charge is 0.301 e. The molecule has 1 aliphatic rings. The number of thiazole rings is 1. The monoisotopic (exact) mass is 572 g/mol. The molecule has 4 aromatic rings. The number of hydrogen-bond acceptors (Lipinski definition) is 8. The Bertz CT molecular complexity index is 1630. The number of aryl methyl sites for hydroxylation is 1. The maximum absolute atomic E-state index is 13.7. The second-order valence-corrected chi connectivity index (χ2v) is 10.6. The topological polar surface area (TPSA) is 98.2 Å². The first-order valence-electron chi connectivity index (χ1n) is 13.7. The van der Waals surface area contributed by atoms with Crippen LogP contribution in [0.4, 0.5) is 5.13 Å². The van der Waals surface area contributed by atoms with Crippen molar-refractivity contribution in [1.82, 2.24) is 4.98 Å². The van der Waals surface area contributed by atoms with Gasteiger partial charge in [0.15, 0.2) is 16.6 Å². The quantitative estimate of drug-likeness (QED) is 0.127. The van der Waals surface area contributed by atoms with E-state index in [1.165, 1.54) is 16.2 Å². The number of nitrogens with zero attached hydrogens (tertiary/aromatic N) is 2. The van der Waals surface area contributed by atoms with E-state index < -0.39 is 17.7 Å². The number of fused-ring (bicyclic) bond motifs is 1. The SMILES string of the molecule is CCCOc1ccc(C2C(=C(O)c3ccc(C)cc3)C(=O)C(=O)N2c2nc3ccc(OCC)cc3s2)cc1OCC. The van der Waals surface area contributed by atoms with Gasteiger partial charge in [-0.1, -0.05) is 54.2 Å². The van der Waals surface area contributed by atoms with Crippen LogP contribution in [0.15, 0.2) is 66.2 Å². The van der Waals surface area contributed by atoms with E-state index >= 15 is 0 Å². The largest absolute Gasteiger partial charge is 0.507 e. The minimum atomic E-state index is -0.942.